The molecule has 0 atom stereocenters. The van der Waals surface area contributed by atoms with Gasteiger partial charge < -0.3 is 10.6 Å². The van der Waals surface area contributed by atoms with Gasteiger partial charge in [0.05, 0.1) is 6.54 Å². The van der Waals surface area contributed by atoms with Crippen molar-refractivity contribution in [2.45, 2.75) is 39.3 Å². The fraction of sp³-hybridized carbons (Fsp3) is 0.588. The largest absolute Gasteiger partial charge is 0.358 e. The van der Waals surface area contributed by atoms with Crippen LogP contribution in [0, 0.1) is 13.8 Å². The van der Waals surface area contributed by atoms with Crippen molar-refractivity contribution >= 4 is 17.5 Å². The fourth-order valence-corrected chi connectivity index (χ4v) is 3.37. The molecule has 0 radical (unpaired) electrons. The summed E-state index contributed by atoms with van der Waals surface area (Å²) >= 11 is 6.08. The number of halogens is 1. The molecule has 122 valence electrons. The molecule has 1 fully saturated rings. The first-order chi connectivity index (χ1) is 10.5. The van der Waals surface area contributed by atoms with E-state index in [2.05, 4.69) is 29.4 Å². The summed E-state index contributed by atoms with van der Waals surface area (Å²) in [7, 11) is 1.69. The summed E-state index contributed by atoms with van der Waals surface area (Å²) in [5, 5.41) is 7.14. The van der Waals surface area contributed by atoms with Gasteiger partial charge in [-0.15, -0.1) is 0 Å². The molecule has 2 N–H and O–H groups in total. The number of rotatable bonds is 5. The molecule has 1 aromatic rings. The SMILES string of the molecule is CNC(=O)CN1CCC(NCc2c(C)cc(Cl)cc2C)CC1. The lowest BCUT2D eigenvalue weighted by atomic mass is 10.0. The fourth-order valence-electron chi connectivity index (χ4n) is 3.04. The molecule has 0 aromatic heterocycles. The maximum atomic E-state index is 11.4. The van der Waals surface area contributed by atoms with Gasteiger partial charge in [0.15, 0.2) is 0 Å². The van der Waals surface area contributed by atoms with Crippen molar-refractivity contribution in [3.05, 3.63) is 33.8 Å². The Labute approximate surface area is 138 Å². The molecule has 1 aliphatic rings. The molecule has 2 rings (SSSR count). The second-order valence-corrected chi connectivity index (χ2v) is 6.56. The number of amides is 1. The topological polar surface area (TPSA) is 44.4 Å². The van der Waals surface area contributed by atoms with Crippen LogP contribution in [0.1, 0.15) is 29.5 Å². The Morgan fingerprint density at radius 1 is 1.27 bits per heavy atom. The molecule has 1 amide bonds. The summed E-state index contributed by atoms with van der Waals surface area (Å²) in [6.07, 6.45) is 2.17. The van der Waals surface area contributed by atoms with E-state index in [1.807, 2.05) is 12.1 Å². The first-order valence-electron chi connectivity index (χ1n) is 7.91. The maximum Gasteiger partial charge on any atom is 0.233 e. The lowest BCUT2D eigenvalue weighted by molar-refractivity contribution is -0.122. The minimum Gasteiger partial charge on any atom is -0.358 e. The number of nitrogens with zero attached hydrogens (tertiary/aromatic N) is 1. The lowest BCUT2D eigenvalue weighted by Gasteiger charge is -2.32. The molecular weight excluding hydrogens is 298 g/mol. The summed E-state index contributed by atoms with van der Waals surface area (Å²) < 4.78 is 0. The van der Waals surface area contributed by atoms with Crippen molar-refractivity contribution in [2.24, 2.45) is 0 Å². The van der Waals surface area contributed by atoms with E-state index < -0.39 is 0 Å². The highest BCUT2D eigenvalue weighted by Gasteiger charge is 2.20. The third-order valence-corrected chi connectivity index (χ3v) is 4.68. The second kappa shape index (κ2) is 7.95. The molecule has 1 aliphatic heterocycles. The molecule has 1 heterocycles. The first-order valence-corrected chi connectivity index (χ1v) is 8.29. The maximum absolute atomic E-state index is 11.4. The zero-order chi connectivity index (χ0) is 16.1. The van der Waals surface area contributed by atoms with Crippen LogP contribution in [0.5, 0.6) is 0 Å². The third kappa shape index (κ3) is 4.70. The van der Waals surface area contributed by atoms with Gasteiger partial charge in [-0.25, -0.2) is 0 Å². The Morgan fingerprint density at radius 2 is 1.86 bits per heavy atom. The van der Waals surface area contributed by atoms with Crippen LogP contribution >= 0.6 is 11.6 Å². The predicted octanol–water partition coefficient (Wildman–Crippen LogP) is 2.26. The van der Waals surface area contributed by atoms with Gasteiger partial charge in [-0.05, 0) is 55.5 Å². The van der Waals surface area contributed by atoms with Crippen LogP contribution in [-0.2, 0) is 11.3 Å². The number of carbonyl (C=O) groups excluding carboxylic acids is 1. The van der Waals surface area contributed by atoms with Crippen molar-refractivity contribution in [2.75, 3.05) is 26.7 Å². The van der Waals surface area contributed by atoms with Gasteiger partial charge in [-0.1, -0.05) is 11.6 Å². The zero-order valence-electron chi connectivity index (χ0n) is 13.7. The number of likely N-dealkylation sites (N-methyl/N-ethyl adjacent to an activating group) is 1. The Hall–Kier alpha value is -1.10. The van der Waals surface area contributed by atoms with E-state index in [0.717, 1.165) is 37.5 Å². The smallest absolute Gasteiger partial charge is 0.233 e. The summed E-state index contributed by atoms with van der Waals surface area (Å²) in [4.78, 5) is 13.6. The summed E-state index contributed by atoms with van der Waals surface area (Å²) in [5.41, 5.74) is 3.83. The first kappa shape index (κ1) is 17.3. The van der Waals surface area contributed by atoms with Gasteiger partial charge in [0, 0.05) is 37.7 Å². The van der Waals surface area contributed by atoms with Crippen molar-refractivity contribution in [3.63, 3.8) is 0 Å². The minimum atomic E-state index is 0.0961. The van der Waals surface area contributed by atoms with Crippen LogP contribution < -0.4 is 10.6 Å². The van der Waals surface area contributed by atoms with E-state index in [-0.39, 0.29) is 5.91 Å². The molecular formula is C17H26ClN3O. The number of hydrogen-bond donors (Lipinski definition) is 2. The predicted molar refractivity (Wildman–Crippen MR) is 91.3 cm³/mol. The highest BCUT2D eigenvalue weighted by Crippen LogP contribution is 2.20. The highest BCUT2D eigenvalue weighted by atomic mass is 35.5. The van der Waals surface area contributed by atoms with Crippen LogP contribution in [0.3, 0.4) is 0 Å². The number of nitrogens with one attached hydrogen (secondary N) is 2. The van der Waals surface area contributed by atoms with Gasteiger partial charge in [0.25, 0.3) is 0 Å². The highest BCUT2D eigenvalue weighted by molar-refractivity contribution is 6.30. The number of hydrogen-bond acceptors (Lipinski definition) is 3. The van der Waals surface area contributed by atoms with Crippen LogP contribution in [-0.4, -0.2) is 43.5 Å². The summed E-state index contributed by atoms with van der Waals surface area (Å²) in [6.45, 7) is 7.57. The van der Waals surface area contributed by atoms with Crippen molar-refractivity contribution in [3.8, 4) is 0 Å². The molecule has 0 bridgehead atoms. The zero-order valence-corrected chi connectivity index (χ0v) is 14.5. The third-order valence-electron chi connectivity index (χ3n) is 4.46. The number of carbonyl (C=O) groups is 1. The monoisotopic (exact) mass is 323 g/mol. The van der Waals surface area contributed by atoms with Crippen LogP contribution in [0.15, 0.2) is 12.1 Å². The van der Waals surface area contributed by atoms with Crippen LogP contribution in [0.25, 0.3) is 0 Å². The molecule has 0 unspecified atom stereocenters. The van der Waals surface area contributed by atoms with Gasteiger partial charge in [0.2, 0.25) is 5.91 Å². The number of likely N-dealkylation sites (tertiary alicyclic amines) is 1. The van der Waals surface area contributed by atoms with Gasteiger partial charge >= 0.3 is 0 Å². The number of aryl methyl sites for hydroxylation is 2. The van der Waals surface area contributed by atoms with E-state index in [0.29, 0.717) is 12.6 Å². The Bertz CT molecular complexity index is 502. The van der Waals surface area contributed by atoms with Crippen molar-refractivity contribution in [1.29, 1.82) is 0 Å². The molecule has 5 heteroatoms. The molecule has 0 saturated carbocycles. The van der Waals surface area contributed by atoms with E-state index in [1.54, 1.807) is 7.05 Å². The molecule has 1 aromatic carbocycles. The Balaban J connectivity index is 1.81. The Morgan fingerprint density at radius 3 is 2.41 bits per heavy atom. The standard InChI is InChI=1S/C17H26ClN3O/c1-12-8-14(18)9-13(2)16(12)10-20-15-4-6-21(7-5-15)11-17(22)19-3/h8-9,15,20H,4-7,10-11H2,1-3H3,(H,19,22). The van der Waals surface area contributed by atoms with Crippen molar-refractivity contribution in [1.82, 2.24) is 15.5 Å². The molecule has 0 spiro atoms. The summed E-state index contributed by atoms with van der Waals surface area (Å²) in [5.74, 6) is 0.0961. The Kier molecular flexibility index (Phi) is 6.24. The second-order valence-electron chi connectivity index (χ2n) is 6.12. The van der Waals surface area contributed by atoms with E-state index >= 15 is 0 Å². The summed E-state index contributed by atoms with van der Waals surface area (Å²) in [6, 6.07) is 4.57. The molecule has 22 heavy (non-hydrogen) atoms. The average Bonchev–Trinajstić information content (AvgIpc) is 2.47. The van der Waals surface area contributed by atoms with Crippen LogP contribution in [0.4, 0.5) is 0 Å². The van der Waals surface area contributed by atoms with Gasteiger partial charge in [0.1, 0.15) is 0 Å². The normalized spacial score (nSPS) is 16.7. The van der Waals surface area contributed by atoms with E-state index in [1.165, 1.54) is 16.7 Å². The average molecular weight is 324 g/mol. The van der Waals surface area contributed by atoms with Gasteiger partial charge in [-0.3, -0.25) is 9.69 Å². The number of piperidine rings is 1. The van der Waals surface area contributed by atoms with Crippen molar-refractivity contribution < 1.29 is 4.79 Å². The van der Waals surface area contributed by atoms with Crippen LogP contribution in [0.2, 0.25) is 5.02 Å². The molecule has 0 aliphatic carbocycles. The lowest BCUT2D eigenvalue weighted by Crippen LogP contribution is -2.45. The number of benzene rings is 1. The quantitative estimate of drug-likeness (QED) is 0.873. The van der Waals surface area contributed by atoms with E-state index in [4.69, 9.17) is 11.6 Å². The molecule has 1 saturated heterocycles. The minimum absolute atomic E-state index is 0.0961. The van der Waals surface area contributed by atoms with E-state index in [9.17, 15) is 4.79 Å². The van der Waals surface area contributed by atoms with Gasteiger partial charge in [-0.2, -0.15) is 0 Å². The molecule has 4 nitrogen and oxygen atoms in total.